The van der Waals surface area contributed by atoms with Crippen LogP contribution in [0.15, 0.2) is 30.5 Å². The number of carbonyl (C=O) groups excluding carboxylic acids is 1. The molecule has 0 amide bonds. The molecular weight excluding hydrogens is 283 g/mol. The van der Waals surface area contributed by atoms with Crippen molar-refractivity contribution in [3.63, 3.8) is 0 Å². The van der Waals surface area contributed by atoms with Crippen LogP contribution >= 0.6 is 23.2 Å². The predicted molar refractivity (Wildman–Crippen MR) is 77.1 cm³/mol. The van der Waals surface area contributed by atoms with Gasteiger partial charge in [-0.25, -0.2) is 0 Å². The molecular formula is C14H14Cl2N2O. The Hall–Kier alpha value is -1.32. The molecule has 0 atom stereocenters. The molecule has 0 radical (unpaired) electrons. The first-order valence-electron chi connectivity index (χ1n) is 5.99. The molecule has 1 heterocycles. The third-order valence-corrected chi connectivity index (χ3v) is 3.27. The molecule has 5 heteroatoms. The summed E-state index contributed by atoms with van der Waals surface area (Å²) in [6.45, 7) is 3.92. The molecule has 0 aliphatic rings. The number of benzene rings is 1. The largest absolute Gasteiger partial charge is 0.292 e. The zero-order valence-corrected chi connectivity index (χ0v) is 12.2. The summed E-state index contributed by atoms with van der Waals surface area (Å²) >= 11 is 12.0. The topological polar surface area (TPSA) is 34.9 Å². The summed E-state index contributed by atoms with van der Waals surface area (Å²) in [4.78, 5) is 12.3. The summed E-state index contributed by atoms with van der Waals surface area (Å²) in [6.07, 6.45) is 1.77. The quantitative estimate of drug-likeness (QED) is 0.793. The molecule has 1 aromatic heterocycles. The van der Waals surface area contributed by atoms with Crippen LogP contribution in [0, 0.1) is 0 Å². The van der Waals surface area contributed by atoms with Crippen molar-refractivity contribution in [2.45, 2.75) is 26.3 Å². The van der Waals surface area contributed by atoms with Gasteiger partial charge >= 0.3 is 0 Å². The molecule has 0 unspecified atom stereocenters. The van der Waals surface area contributed by atoms with E-state index in [0.29, 0.717) is 15.7 Å². The van der Waals surface area contributed by atoms with Crippen LogP contribution in [0.4, 0.5) is 0 Å². The lowest BCUT2D eigenvalue weighted by atomic mass is 10.1. The smallest absolute Gasteiger partial charge is 0.186 e. The van der Waals surface area contributed by atoms with E-state index < -0.39 is 0 Å². The number of hydrogen-bond donors (Lipinski definition) is 0. The van der Waals surface area contributed by atoms with Gasteiger partial charge in [0.15, 0.2) is 5.78 Å². The highest BCUT2D eigenvalue weighted by molar-refractivity contribution is 6.33. The van der Waals surface area contributed by atoms with Gasteiger partial charge < -0.3 is 0 Å². The van der Waals surface area contributed by atoms with Gasteiger partial charge in [-0.2, -0.15) is 5.10 Å². The molecule has 0 aliphatic heterocycles. The highest BCUT2D eigenvalue weighted by atomic mass is 35.5. The Balaban J connectivity index is 2.28. The zero-order chi connectivity index (χ0) is 14.0. The molecule has 2 aromatic rings. The molecule has 100 valence electrons. The summed E-state index contributed by atoms with van der Waals surface area (Å²) in [6, 6.07) is 7.34. The van der Waals surface area contributed by atoms with Crippen LogP contribution in [0.2, 0.25) is 10.0 Å². The molecule has 0 N–H and O–H groups in total. The number of nitrogens with zero attached hydrogens (tertiary/aromatic N) is 2. The van der Waals surface area contributed by atoms with Crippen molar-refractivity contribution in [2.75, 3.05) is 0 Å². The first kappa shape index (κ1) is 14.1. The fraction of sp³-hybridized carbons (Fsp3) is 0.286. The van der Waals surface area contributed by atoms with Crippen molar-refractivity contribution in [1.29, 1.82) is 0 Å². The van der Waals surface area contributed by atoms with Crippen LogP contribution in [-0.4, -0.2) is 15.6 Å². The number of rotatable bonds is 4. The Kier molecular flexibility index (Phi) is 4.27. The Morgan fingerprint density at radius 2 is 2.11 bits per heavy atom. The maximum absolute atomic E-state index is 12.3. The number of Topliss-reactive ketones (excluding diaryl/α,β-unsaturated/α-hetero) is 1. The SMILES string of the molecule is CC(C)n1ncc(Cl)c1C(=O)Cc1cccc(Cl)c1. The van der Waals surface area contributed by atoms with Gasteiger partial charge in [0, 0.05) is 17.5 Å². The highest BCUT2D eigenvalue weighted by Crippen LogP contribution is 2.21. The summed E-state index contributed by atoms with van der Waals surface area (Å²) in [5, 5.41) is 5.14. The second-order valence-electron chi connectivity index (χ2n) is 4.61. The fourth-order valence-corrected chi connectivity index (χ4v) is 2.36. The van der Waals surface area contributed by atoms with Crippen molar-refractivity contribution >= 4 is 29.0 Å². The minimum Gasteiger partial charge on any atom is -0.292 e. The maximum atomic E-state index is 12.3. The molecule has 3 nitrogen and oxygen atoms in total. The minimum absolute atomic E-state index is 0.0570. The predicted octanol–water partition coefficient (Wildman–Crippen LogP) is 4.20. The lowest BCUT2D eigenvalue weighted by molar-refractivity contribution is 0.0981. The van der Waals surface area contributed by atoms with Gasteiger partial charge in [0.05, 0.1) is 11.2 Å². The van der Waals surface area contributed by atoms with Crippen molar-refractivity contribution in [3.05, 3.63) is 51.8 Å². The van der Waals surface area contributed by atoms with Crippen molar-refractivity contribution < 1.29 is 4.79 Å². The molecule has 1 aromatic carbocycles. The molecule has 0 fully saturated rings. The van der Waals surface area contributed by atoms with Gasteiger partial charge in [-0.15, -0.1) is 0 Å². The summed E-state index contributed by atoms with van der Waals surface area (Å²) in [7, 11) is 0. The third kappa shape index (κ3) is 3.17. The van der Waals surface area contributed by atoms with Crippen molar-refractivity contribution in [2.24, 2.45) is 0 Å². The van der Waals surface area contributed by atoms with Crippen LogP contribution in [0.25, 0.3) is 0 Å². The number of hydrogen-bond acceptors (Lipinski definition) is 2. The van der Waals surface area contributed by atoms with E-state index in [1.165, 1.54) is 6.20 Å². The number of carbonyl (C=O) groups is 1. The Labute approximate surface area is 122 Å². The monoisotopic (exact) mass is 296 g/mol. The van der Waals surface area contributed by atoms with E-state index in [4.69, 9.17) is 23.2 Å². The van der Waals surface area contributed by atoms with Crippen LogP contribution in [0.1, 0.15) is 35.9 Å². The van der Waals surface area contributed by atoms with Gasteiger partial charge in [0.2, 0.25) is 0 Å². The average molecular weight is 297 g/mol. The highest BCUT2D eigenvalue weighted by Gasteiger charge is 2.19. The van der Waals surface area contributed by atoms with Crippen LogP contribution in [0.3, 0.4) is 0 Å². The standard InChI is InChI=1S/C14H14Cl2N2O/c1-9(2)18-14(12(16)8-17-18)13(19)7-10-4-3-5-11(15)6-10/h3-6,8-9H,7H2,1-2H3. The minimum atomic E-state index is -0.0570. The van der Waals surface area contributed by atoms with E-state index in [1.54, 1.807) is 16.8 Å². The summed E-state index contributed by atoms with van der Waals surface area (Å²) in [5.41, 5.74) is 1.32. The fourth-order valence-electron chi connectivity index (χ4n) is 1.91. The normalized spacial score (nSPS) is 11.0. The van der Waals surface area contributed by atoms with Crippen LogP contribution in [0.5, 0.6) is 0 Å². The summed E-state index contributed by atoms with van der Waals surface area (Å²) in [5.74, 6) is -0.0570. The second-order valence-corrected chi connectivity index (χ2v) is 5.45. The lowest BCUT2D eigenvalue weighted by Crippen LogP contribution is -2.14. The Bertz CT molecular complexity index is 605. The van der Waals surface area contributed by atoms with Crippen molar-refractivity contribution in [3.8, 4) is 0 Å². The molecule has 0 bridgehead atoms. The molecule has 0 aliphatic carbocycles. The zero-order valence-electron chi connectivity index (χ0n) is 10.7. The van der Waals surface area contributed by atoms with E-state index in [0.717, 1.165) is 5.56 Å². The van der Waals surface area contributed by atoms with E-state index in [9.17, 15) is 4.79 Å². The van der Waals surface area contributed by atoms with Gasteiger partial charge in [-0.3, -0.25) is 9.48 Å². The Morgan fingerprint density at radius 1 is 1.37 bits per heavy atom. The van der Waals surface area contributed by atoms with E-state index >= 15 is 0 Å². The molecule has 0 saturated carbocycles. The molecule has 19 heavy (non-hydrogen) atoms. The number of halogens is 2. The Morgan fingerprint density at radius 3 is 2.74 bits per heavy atom. The number of aromatic nitrogens is 2. The first-order chi connectivity index (χ1) is 8.99. The van der Waals surface area contributed by atoms with E-state index in [-0.39, 0.29) is 18.2 Å². The first-order valence-corrected chi connectivity index (χ1v) is 6.75. The van der Waals surface area contributed by atoms with Crippen molar-refractivity contribution in [1.82, 2.24) is 9.78 Å². The third-order valence-electron chi connectivity index (χ3n) is 2.76. The lowest BCUT2D eigenvalue weighted by Gasteiger charge is -2.10. The van der Waals surface area contributed by atoms with Crippen LogP contribution in [-0.2, 0) is 6.42 Å². The second kappa shape index (κ2) is 5.76. The molecule has 2 rings (SSSR count). The van der Waals surface area contributed by atoms with Gasteiger partial charge in [-0.1, -0.05) is 35.3 Å². The van der Waals surface area contributed by atoms with Crippen LogP contribution < -0.4 is 0 Å². The molecule has 0 spiro atoms. The molecule has 0 saturated heterocycles. The van der Waals surface area contributed by atoms with Gasteiger partial charge in [0.25, 0.3) is 0 Å². The van der Waals surface area contributed by atoms with E-state index in [1.807, 2.05) is 26.0 Å². The summed E-state index contributed by atoms with van der Waals surface area (Å²) < 4.78 is 1.65. The number of ketones is 1. The maximum Gasteiger partial charge on any atom is 0.186 e. The average Bonchev–Trinajstić information content (AvgIpc) is 2.71. The van der Waals surface area contributed by atoms with Gasteiger partial charge in [0.1, 0.15) is 5.69 Å². The van der Waals surface area contributed by atoms with Gasteiger partial charge in [-0.05, 0) is 31.5 Å². The van der Waals surface area contributed by atoms with E-state index in [2.05, 4.69) is 5.10 Å².